The summed E-state index contributed by atoms with van der Waals surface area (Å²) < 4.78 is 9.03. The van der Waals surface area contributed by atoms with Crippen molar-refractivity contribution in [2.75, 3.05) is 4.90 Å². The highest BCUT2D eigenvalue weighted by Gasteiger charge is 2.22. The predicted molar refractivity (Wildman–Crippen MR) is 218 cm³/mol. The van der Waals surface area contributed by atoms with E-state index in [0.717, 1.165) is 50.1 Å². The van der Waals surface area contributed by atoms with Crippen LogP contribution in [0.3, 0.4) is 0 Å². The summed E-state index contributed by atoms with van der Waals surface area (Å²) in [6.07, 6.45) is 0. The van der Waals surface area contributed by atoms with Crippen LogP contribution in [0, 0.1) is 0 Å². The van der Waals surface area contributed by atoms with Gasteiger partial charge in [-0.05, 0) is 76.3 Å². The second-order valence-corrected chi connectivity index (χ2v) is 14.0. The third-order valence-corrected chi connectivity index (χ3v) is 11.0. The molecule has 240 valence electrons. The van der Waals surface area contributed by atoms with Crippen molar-refractivity contribution in [2.45, 2.75) is 0 Å². The monoisotopic (exact) mass is 669 g/mol. The Morgan fingerprint density at radius 3 is 1.78 bits per heavy atom. The number of nitrogens with zero attached hydrogens (tertiary/aromatic N) is 1. The van der Waals surface area contributed by atoms with Crippen molar-refractivity contribution in [3.63, 3.8) is 0 Å². The molecule has 51 heavy (non-hydrogen) atoms. The molecule has 0 unspecified atom stereocenters. The third-order valence-electron chi connectivity index (χ3n) is 9.91. The van der Waals surface area contributed by atoms with Crippen molar-refractivity contribution in [1.82, 2.24) is 0 Å². The molecule has 2 heterocycles. The maximum absolute atomic E-state index is 6.40. The SMILES string of the molecule is c1ccc(-c2ccc(-c3ccccc3N(c3ccc(-c4cccc5sc6ccccc6c45)cc3)c3cccc4oc5ccccc5c34)cc2)cc1. The van der Waals surface area contributed by atoms with E-state index in [-0.39, 0.29) is 0 Å². The maximum Gasteiger partial charge on any atom is 0.137 e. The summed E-state index contributed by atoms with van der Waals surface area (Å²) in [5, 5.41) is 4.83. The summed E-state index contributed by atoms with van der Waals surface area (Å²) in [6, 6.07) is 67.4. The Morgan fingerprint density at radius 1 is 0.353 bits per heavy atom. The molecule has 2 nitrogen and oxygen atoms in total. The molecule has 0 radical (unpaired) electrons. The van der Waals surface area contributed by atoms with Gasteiger partial charge in [-0.25, -0.2) is 0 Å². The molecule has 0 saturated heterocycles. The summed E-state index contributed by atoms with van der Waals surface area (Å²) >= 11 is 1.86. The Labute approximate surface area is 300 Å². The highest BCUT2D eigenvalue weighted by molar-refractivity contribution is 7.25. The van der Waals surface area contributed by atoms with Crippen LogP contribution in [-0.2, 0) is 0 Å². The van der Waals surface area contributed by atoms with Crippen molar-refractivity contribution >= 4 is 70.5 Å². The number of para-hydroxylation sites is 2. The molecular weight excluding hydrogens is 639 g/mol. The van der Waals surface area contributed by atoms with Gasteiger partial charge in [-0.15, -0.1) is 11.3 Å². The molecule has 0 atom stereocenters. The Morgan fingerprint density at radius 2 is 0.922 bits per heavy atom. The molecule has 0 bridgehead atoms. The molecule has 0 aliphatic carbocycles. The maximum atomic E-state index is 6.40. The number of hydrogen-bond donors (Lipinski definition) is 0. The van der Waals surface area contributed by atoms with Gasteiger partial charge in [-0.1, -0.05) is 140 Å². The van der Waals surface area contributed by atoms with Crippen LogP contribution in [0.15, 0.2) is 192 Å². The third kappa shape index (κ3) is 5.01. The first-order chi connectivity index (χ1) is 25.3. The minimum atomic E-state index is 0.871. The number of anilines is 3. The van der Waals surface area contributed by atoms with Gasteiger partial charge < -0.3 is 9.32 Å². The molecule has 0 saturated carbocycles. The van der Waals surface area contributed by atoms with Crippen LogP contribution in [0.5, 0.6) is 0 Å². The second-order valence-electron chi connectivity index (χ2n) is 12.9. The second kappa shape index (κ2) is 12.2. The van der Waals surface area contributed by atoms with Crippen LogP contribution in [0.1, 0.15) is 0 Å². The molecule has 0 amide bonds. The highest BCUT2D eigenvalue weighted by atomic mass is 32.1. The molecule has 0 aliphatic rings. The van der Waals surface area contributed by atoms with Gasteiger partial charge in [0, 0.05) is 36.8 Å². The largest absolute Gasteiger partial charge is 0.456 e. The molecule has 0 fully saturated rings. The van der Waals surface area contributed by atoms with E-state index in [2.05, 4.69) is 187 Å². The molecule has 0 aliphatic heterocycles. The lowest BCUT2D eigenvalue weighted by molar-refractivity contribution is 0.669. The van der Waals surface area contributed by atoms with Crippen molar-refractivity contribution < 1.29 is 4.42 Å². The fourth-order valence-corrected chi connectivity index (χ4v) is 8.67. The zero-order valence-electron chi connectivity index (χ0n) is 27.7. The standard InChI is InChI=1S/C48H31NOS/c1-2-12-32(13-3-1)33-24-26-34(27-25-33)37-14-4-7-18-41(37)49(42-19-11-21-44-48(42)39-15-5-8-20-43(39)50-44)36-30-28-35(29-31-36)38-17-10-23-46-47(38)40-16-6-9-22-45(40)51-46/h1-31H. The van der Waals surface area contributed by atoms with Crippen LogP contribution in [0.2, 0.25) is 0 Å². The zero-order valence-corrected chi connectivity index (χ0v) is 28.5. The fraction of sp³-hybridized carbons (Fsp3) is 0. The first-order valence-electron chi connectivity index (χ1n) is 17.3. The number of thiophene rings is 1. The Kier molecular flexibility index (Phi) is 7.04. The fourth-order valence-electron chi connectivity index (χ4n) is 7.54. The predicted octanol–water partition coefficient (Wildman–Crippen LogP) is 14.4. The van der Waals surface area contributed by atoms with Gasteiger partial charge in [-0.2, -0.15) is 0 Å². The van der Waals surface area contributed by atoms with E-state index in [1.54, 1.807) is 0 Å². The first kappa shape index (κ1) is 29.5. The first-order valence-corrected chi connectivity index (χ1v) is 18.1. The molecule has 3 heteroatoms. The van der Waals surface area contributed by atoms with E-state index in [0.29, 0.717) is 0 Å². The summed E-state index contributed by atoms with van der Waals surface area (Å²) in [7, 11) is 0. The zero-order chi connectivity index (χ0) is 33.7. The van der Waals surface area contributed by atoms with Crippen LogP contribution < -0.4 is 4.90 Å². The Balaban J connectivity index is 1.16. The van der Waals surface area contributed by atoms with E-state index in [4.69, 9.17) is 4.42 Å². The number of benzene rings is 8. The van der Waals surface area contributed by atoms with Crippen LogP contribution in [0.4, 0.5) is 17.1 Å². The highest BCUT2D eigenvalue weighted by Crippen LogP contribution is 2.47. The van der Waals surface area contributed by atoms with Crippen molar-refractivity contribution in [3.05, 3.63) is 188 Å². The summed E-state index contributed by atoms with van der Waals surface area (Å²) in [5.41, 5.74) is 12.2. The smallest absolute Gasteiger partial charge is 0.137 e. The molecule has 10 aromatic rings. The molecule has 0 spiro atoms. The summed E-state index contributed by atoms with van der Waals surface area (Å²) in [4.78, 5) is 2.40. The van der Waals surface area contributed by atoms with Crippen LogP contribution in [0.25, 0.3) is 75.5 Å². The van der Waals surface area contributed by atoms with Crippen LogP contribution >= 0.6 is 11.3 Å². The number of furan rings is 1. The molecule has 8 aromatic carbocycles. The van der Waals surface area contributed by atoms with Gasteiger partial charge in [0.1, 0.15) is 11.2 Å². The van der Waals surface area contributed by atoms with E-state index in [9.17, 15) is 0 Å². The molecule has 0 N–H and O–H groups in total. The molecule has 2 aromatic heterocycles. The van der Waals surface area contributed by atoms with Gasteiger partial charge in [0.25, 0.3) is 0 Å². The van der Waals surface area contributed by atoms with Gasteiger partial charge >= 0.3 is 0 Å². The number of fused-ring (bicyclic) bond motifs is 6. The van der Waals surface area contributed by atoms with E-state index in [1.807, 2.05) is 17.4 Å². The quantitative estimate of drug-likeness (QED) is 0.175. The van der Waals surface area contributed by atoms with Gasteiger partial charge in [-0.3, -0.25) is 0 Å². The summed E-state index contributed by atoms with van der Waals surface area (Å²) in [6.45, 7) is 0. The van der Waals surface area contributed by atoms with Crippen molar-refractivity contribution in [1.29, 1.82) is 0 Å². The normalized spacial score (nSPS) is 11.5. The van der Waals surface area contributed by atoms with E-state index >= 15 is 0 Å². The summed E-state index contributed by atoms with van der Waals surface area (Å²) in [5.74, 6) is 0. The lowest BCUT2D eigenvalue weighted by Gasteiger charge is -2.28. The van der Waals surface area contributed by atoms with E-state index < -0.39 is 0 Å². The topological polar surface area (TPSA) is 16.4 Å². The number of hydrogen-bond acceptors (Lipinski definition) is 3. The van der Waals surface area contributed by atoms with Gasteiger partial charge in [0.15, 0.2) is 0 Å². The lowest BCUT2D eigenvalue weighted by Crippen LogP contribution is -2.11. The van der Waals surface area contributed by atoms with Crippen molar-refractivity contribution in [3.8, 4) is 33.4 Å². The van der Waals surface area contributed by atoms with Gasteiger partial charge in [0.2, 0.25) is 0 Å². The minimum Gasteiger partial charge on any atom is -0.456 e. The average Bonchev–Trinajstić information content (AvgIpc) is 3.78. The Bertz CT molecular complexity index is 2850. The van der Waals surface area contributed by atoms with E-state index in [1.165, 1.54) is 42.4 Å². The van der Waals surface area contributed by atoms with Crippen LogP contribution in [-0.4, -0.2) is 0 Å². The van der Waals surface area contributed by atoms with Gasteiger partial charge in [0.05, 0.1) is 16.8 Å². The lowest BCUT2D eigenvalue weighted by atomic mass is 9.97. The Hall–Kier alpha value is -6.42. The van der Waals surface area contributed by atoms with Crippen molar-refractivity contribution in [2.24, 2.45) is 0 Å². The molecule has 10 rings (SSSR count). The minimum absolute atomic E-state index is 0.871. The average molecular weight is 670 g/mol. The molecular formula is C48H31NOS. The number of rotatable bonds is 6.